The first kappa shape index (κ1) is 23.1. The molecule has 0 fully saturated rings. The fourth-order valence-corrected chi connectivity index (χ4v) is 3.38. The van der Waals surface area contributed by atoms with E-state index in [0.717, 1.165) is 16.3 Å². The van der Waals surface area contributed by atoms with E-state index >= 15 is 0 Å². The molecule has 0 aliphatic rings. The number of ether oxygens (including phenoxy) is 3. The Labute approximate surface area is 188 Å². The summed E-state index contributed by atoms with van der Waals surface area (Å²) in [5.74, 6) is -0.273. The van der Waals surface area contributed by atoms with Gasteiger partial charge in [0.05, 0.1) is 13.0 Å². The summed E-state index contributed by atoms with van der Waals surface area (Å²) in [5, 5.41) is 4.79. The van der Waals surface area contributed by atoms with Gasteiger partial charge in [-0.2, -0.15) is 0 Å². The molecule has 0 saturated carbocycles. The average molecular weight is 436 g/mol. The minimum absolute atomic E-state index is 0.281. The molecule has 0 saturated heterocycles. The second kappa shape index (κ2) is 9.73. The highest BCUT2D eigenvalue weighted by Crippen LogP contribution is 2.33. The van der Waals surface area contributed by atoms with Gasteiger partial charge in [-0.25, -0.2) is 4.79 Å². The number of fused-ring (bicyclic) bond motifs is 1. The molecule has 1 amide bonds. The summed E-state index contributed by atoms with van der Waals surface area (Å²) in [6, 6.07) is 20.6. The first-order valence-electron chi connectivity index (χ1n) is 10.5. The van der Waals surface area contributed by atoms with Crippen LogP contribution in [0.2, 0.25) is 0 Å². The van der Waals surface area contributed by atoms with Gasteiger partial charge in [-0.3, -0.25) is 4.79 Å². The Hall–Kier alpha value is -3.54. The van der Waals surface area contributed by atoms with Crippen LogP contribution >= 0.6 is 0 Å². The Bertz CT molecular complexity index is 1080. The lowest BCUT2D eigenvalue weighted by atomic mass is 9.92. The van der Waals surface area contributed by atoms with Gasteiger partial charge in [0.1, 0.15) is 17.5 Å². The minimum Gasteiger partial charge on any atom is -0.497 e. The van der Waals surface area contributed by atoms with E-state index in [1.54, 1.807) is 59.1 Å². The van der Waals surface area contributed by atoms with Gasteiger partial charge in [0, 0.05) is 11.3 Å². The second-order valence-electron chi connectivity index (χ2n) is 8.58. The van der Waals surface area contributed by atoms with Crippen LogP contribution in [0, 0.1) is 5.92 Å². The molecule has 6 nitrogen and oxygen atoms in total. The van der Waals surface area contributed by atoms with Gasteiger partial charge in [-0.15, -0.1) is 0 Å². The maximum absolute atomic E-state index is 13.1. The summed E-state index contributed by atoms with van der Waals surface area (Å²) in [7, 11) is 1.58. The molecular weight excluding hydrogens is 406 g/mol. The van der Waals surface area contributed by atoms with E-state index in [2.05, 4.69) is 5.32 Å². The maximum atomic E-state index is 13.1. The maximum Gasteiger partial charge on any atom is 0.509 e. The van der Waals surface area contributed by atoms with Crippen LogP contribution in [0.3, 0.4) is 0 Å². The Morgan fingerprint density at radius 1 is 0.906 bits per heavy atom. The predicted octanol–water partition coefficient (Wildman–Crippen LogP) is 6.12. The number of carbonyl (C=O) groups is 2. The van der Waals surface area contributed by atoms with Crippen molar-refractivity contribution in [3.63, 3.8) is 0 Å². The van der Waals surface area contributed by atoms with Crippen molar-refractivity contribution in [3.05, 3.63) is 72.3 Å². The molecule has 32 heavy (non-hydrogen) atoms. The van der Waals surface area contributed by atoms with Crippen molar-refractivity contribution in [1.82, 2.24) is 0 Å². The van der Waals surface area contributed by atoms with Gasteiger partial charge in [0.15, 0.2) is 0 Å². The third-order valence-corrected chi connectivity index (χ3v) is 4.97. The van der Waals surface area contributed by atoms with E-state index in [-0.39, 0.29) is 5.91 Å². The quantitative estimate of drug-likeness (QED) is 0.473. The lowest BCUT2D eigenvalue weighted by Crippen LogP contribution is -2.31. The largest absolute Gasteiger partial charge is 0.509 e. The van der Waals surface area contributed by atoms with Crippen molar-refractivity contribution < 1.29 is 23.8 Å². The van der Waals surface area contributed by atoms with E-state index in [4.69, 9.17) is 14.2 Å². The van der Waals surface area contributed by atoms with Crippen molar-refractivity contribution in [2.45, 2.75) is 39.4 Å². The van der Waals surface area contributed by atoms with E-state index < -0.39 is 23.8 Å². The van der Waals surface area contributed by atoms with Gasteiger partial charge in [0.2, 0.25) is 5.91 Å². The smallest absolute Gasteiger partial charge is 0.497 e. The number of carbonyl (C=O) groups excluding carboxylic acids is 2. The van der Waals surface area contributed by atoms with Crippen molar-refractivity contribution in [1.29, 1.82) is 0 Å². The molecule has 6 heteroatoms. The molecule has 1 N–H and O–H groups in total. The van der Waals surface area contributed by atoms with E-state index in [0.29, 0.717) is 11.4 Å². The Kier molecular flexibility index (Phi) is 7.03. The monoisotopic (exact) mass is 435 g/mol. The highest BCUT2D eigenvalue weighted by Gasteiger charge is 2.32. The molecule has 168 valence electrons. The summed E-state index contributed by atoms with van der Waals surface area (Å²) in [6.07, 6.45) is -1.66. The summed E-state index contributed by atoms with van der Waals surface area (Å²) < 4.78 is 16.3. The van der Waals surface area contributed by atoms with E-state index in [1.807, 2.05) is 42.5 Å². The standard InChI is InChI=1S/C26H29NO5/c1-17(24(28)27-19-13-15-20(30-5)16-14-19)23(31-25(29)32-26(2,3)4)22-12-8-10-18-9-6-7-11-21(18)22/h6-17,23H,1-5H3,(H,27,28)/t17-,23+/m0/s1. The number of benzene rings is 3. The number of nitrogens with one attached hydrogen (secondary N) is 1. The molecule has 2 atom stereocenters. The molecule has 0 unspecified atom stereocenters. The molecule has 0 heterocycles. The highest BCUT2D eigenvalue weighted by molar-refractivity contribution is 5.94. The number of rotatable bonds is 6. The number of amides is 1. The molecule has 3 aromatic carbocycles. The molecule has 3 rings (SSSR count). The van der Waals surface area contributed by atoms with Crippen molar-refractivity contribution >= 4 is 28.5 Å². The van der Waals surface area contributed by atoms with Crippen LogP contribution in [-0.4, -0.2) is 24.8 Å². The van der Waals surface area contributed by atoms with Gasteiger partial charge in [-0.05, 0) is 62.7 Å². The molecule has 0 aliphatic heterocycles. The summed E-state index contributed by atoms with van der Waals surface area (Å²) >= 11 is 0. The number of hydrogen-bond acceptors (Lipinski definition) is 5. The number of hydrogen-bond donors (Lipinski definition) is 1. The zero-order valence-electron chi connectivity index (χ0n) is 19.0. The zero-order chi connectivity index (χ0) is 23.3. The predicted molar refractivity (Wildman–Crippen MR) is 125 cm³/mol. The second-order valence-corrected chi connectivity index (χ2v) is 8.58. The molecule has 0 aromatic heterocycles. The van der Waals surface area contributed by atoms with Crippen LogP contribution < -0.4 is 10.1 Å². The van der Waals surface area contributed by atoms with E-state index in [9.17, 15) is 9.59 Å². The minimum atomic E-state index is -0.839. The SMILES string of the molecule is COc1ccc(NC(=O)[C@@H](C)[C@@H](OC(=O)OC(C)(C)C)c2cccc3ccccc23)cc1. The number of anilines is 1. The van der Waals surface area contributed by atoms with Crippen LogP contribution in [0.5, 0.6) is 5.75 Å². The number of methoxy groups -OCH3 is 1. The van der Waals surface area contributed by atoms with Crippen molar-refractivity contribution in [3.8, 4) is 5.75 Å². The van der Waals surface area contributed by atoms with Crippen molar-refractivity contribution in [2.24, 2.45) is 5.92 Å². The van der Waals surface area contributed by atoms with Crippen LogP contribution in [0.4, 0.5) is 10.5 Å². The van der Waals surface area contributed by atoms with Crippen LogP contribution in [0.15, 0.2) is 66.7 Å². The van der Waals surface area contributed by atoms with Crippen LogP contribution in [0.25, 0.3) is 10.8 Å². The zero-order valence-corrected chi connectivity index (χ0v) is 19.0. The van der Waals surface area contributed by atoms with Gasteiger partial charge in [0.25, 0.3) is 0 Å². The van der Waals surface area contributed by atoms with Gasteiger partial charge in [-0.1, -0.05) is 42.5 Å². The van der Waals surface area contributed by atoms with Gasteiger partial charge >= 0.3 is 6.16 Å². The fourth-order valence-electron chi connectivity index (χ4n) is 3.38. The highest BCUT2D eigenvalue weighted by atomic mass is 16.7. The average Bonchev–Trinajstić information content (AvgIpc) is 2.76. The normalized spacial score (nSPS) is 13.2. The van der Waals surface area contributed by atoms with Gasteiger partial charge < -0.3 is 19.5 Å². The lowest BCUT2D eigenvalue weighted by molar-refractivity contribution is -0.124. The molecule has 0 aliphatic carbocycles. The molecular formula is C26H29NO5. The molecule has 0 spiro atoms. The summed E-state index contributed by atoms with van der Waals surface area (Å²) in [4.78, 5) is 25.7. The van der Waals surface area contributed by atoms with Crippen molar-refractivity contribution in [2.75, 3.05) is 12.4 Å². The van der Waals surface area contributed by atoms with E-state index in [1.165, 1.54) is 0 Å². The Morgan fingerprint density at radius 3 is 2.22 bits per heavy atom. The summed E-state index contributed by atoms with van der Waals surface area (Å²) in [5.41, 5.74) is 0.651. The molecule has 0 radical (unpaired) electrons. The third kappa shape index (κ3) is 5.78. The Morgan fingerprint density at radius 2 is 1.56 bits per heavy atom. The Balaban J connectivity index is 1.91. The first-order valence-corrected chi connectivity index (χ1v) is 10.5. The topological polar surface area (TPSA) is 73.9 Å². The lowest BCUT2D eigenvalue weighted by Gasteiger charge is -2.27. The molecule has 3 aromatic rings. The van der Waals surface area contributed by atoms with Crippen LogP contribution in [-0.2, 0) is 14.3 Å². The third-order valence-electron chi connectivity index (χ3n) is 4.97. The molecule has 0 bridgehead atoms. The summed E-state index contributed by atoms with van der Waals surface area (Å²) in [6.45, 7) is 7.03. The van der Waals surface area contributed by atoms with Crippen LogP contribution in [0.1, 0.15) is 39.4 Å². The fraction of sp³-hybridized carbons (Fsp3) is 0.308. The first-order chi connectivity index (χ1) is 15.2.